The maximum absolute atomic E-state index is 11.7. The van der Waals surface area contributed by atoms with Crippen LogP contribution >= 0.6 is 0 Å². The van der Waals surface area contributed by atoms with E-state index in [0.717, 1.165) is 18.4 Å². The molecule has 0 aromatic rings. The van der Waals surface area contributed by atoms with E-state index < -0.39 is 6.10 Å². The molecule has 2 saturated carbocycles. The van der Waals surface area contributed by atoms with Gasteiger partial charge in [0.25, 0.3) is 0 Å². The third-order valence-corrected chi connectivity index (χ3v) is 5.85. The second kappa shape index (κ2) is 3.83. The number of hydrogen-bond acceptors (Lipinski definition) is 3. The van der Waals surface area contributed by atoms with Crippen molar-refractivity contribution in [1.29, 1.82) is 0 Å². The summed E-state index contributed by atoms with van der Waals surface area (Å²) in [5, 5.41) is 10.8. The van der Waals surface area contributed by atoms with Gasteiger partial charge in [-0.2, -0.15) is 0 Å². The number of rotatable bonds is 0. The number of carbonyl (C=O) groups is 1. The Kier molecular flexibility index (Phi) is 2.60. The lowest BCUT2D eigenvalue weighted by molar-refractivity contribution is -0.145. The molecule has 1 unspecified atom stereocenters. The smallest absolute Gasteiger partial charge is 0.334 e. The second-order valence-electron chi connectivity index (χ2n) is 6.51. The van der Waals surface area contributed by atoms with E-state index in [1.165, 1.54) is 12.8 Å². The van der Waals surface area contributed by atoms with Crippen molar-refractivity contribution in [2.45, 2.75) is 58.7 Å². The Labute approximate surface area is 108 Å². The Hall–Kier alpha value is -0.830. The molecular formula is C15H22O3. The van der Waals surface area contributed by atoms with Gasteiger partial charge in [-0.15, -0.1) is 0 Å². The number of carbonyl (C=O) groups excluding carboxylic acids is 1. The van der Waals surface area contributed by atoms with E-state index in [1.54, 1.807) is 6.92 Å². The number of fused-ring (bicyclic) bond motifs is 2. The quantitative estimate of drug-likeness (QED) is 0.672. The van der Waals surface area contributed by atoms with Crippen LogP contribution in [0.1, 0.15) is 46.5 Å². The first-order valence-corrected chi connectivity index (χ1v) is 7.06. The van der Waals surface area contributed by atoms with Crippen LogP contribution in [0.3, 0.4) is 0 Å². The highest BCUT2D eigenvalue weighted by Crippen LogP contribution is 2.56. The summed E-state index contributed by atoms with van der Waals surface area (Å²) in [5.74, 6) is 0.746. The van der Waals surface area contributed by atoms with Crippen molar-refractivity contribution in [3.8, 4) is 0 Å². The van der Waals surface area contributed by atoms with Gasteiger partial charge >= 0.3 is 5.97 Å². The maximum atomic E-state index is 11.7. The molecule has 0 radical (unpaired) electrons. The summed E-state index contributed by atoms with van der Waals surface area (Å²) in [6.07, 6.45) is 3.79. The van der Waals surface area contributed by atoms with E-state index in [-0.39, 0.29) is 17.5 Å². The van der Waals surface area contributed by atoms with Gasteiger partial charge in [0.15, 0.2) is 0 Å². The van der Waals surface area contributed by atoms with Crippen LogP contribution in [0.15, 0.2) is 11.1 Å². The molecule has 3 rings (SSSR count). The summed E-state index contributed by atoms with van der Waals surface area (Å²) in [4.78, 5) is 11.7. The van der Waals surface area contributed by atoms with Crippen LogP contribution in [-0.4, -0.2) is 23.3 Å². The third-order valence-electron chi connectivity index (χ3n) is 5.85. The van der Waals surface area contributed by atoms with Crippen molar-refractivity contribution in [2.75, 3.05) is 0 Å². The molecule has 0 saturated heterocycles. The Morgan fingerprint density at radius 2 is 2.11 bits per heavy atom. The molecule has 0 amide bonds. The minimum Gasteiger partial charge on any atom is -0.454 e. The molecule has 5 atom stereocenters. The molecule has 1 N–H and O–H groups in total. The summed E-state index contributed by atoms with van der Waals surface area (Å²) < 4.78 is 5.40. The largest absolute Gasteiger partial charge is 0.454 e. The molecule has 0 spiro atoms. The minimum atomic E-state index is -0.511. The van der Waals surface area contributed by atoms with Gasteiger partial charge in [-0.3, -0.25) is 0 Å². The predicted molar refractivity (Wildman–Crippen MR) is 67.8 cm³/mol. The molecule has 18 heavy (non-hydrogen) atoms. The van der Waals surface area contributed by atoms with E-state index in [9.17, 15) is 9.90 Å². The Morgan fingerprint density at radius 3 is 2.83 bits per heavy atom. The molecular weight excluding hydrogens is 228 g/mol. The van der Waals surface area contributed by atoms with Gasteiger partial charge in [0.05, 0.1) is 6.10 Å². The topological polar surface area (TPSA) is 46.5 Å². The molecule has 3 aliphatic rings. The van der Waals surface area contributed by atoms with Crippen LogP contribution in [0, 0.1) is 17.3 Å². The Bertz CT molecular complexity index is 425. The highest BCUT2D eigenvalue weighted by molar-refractivity contribution is 5.92. The summed E-state index contributed by atoms with van der Waals surface area (Å²) in [5.41, 5.74) is 1.43. The highest BCUT2D eigenvalue weighted by Gasteiger charge is 2.56. The number of aliphatic hydroxyl groups excluding tert-OH is 1. The molecule has 3 nitrogen and oxygen atoms in total. The maximum Gasteiger partial charge on any atom is 0.334 e. The van der Waals surface area contributed by atoms with Crippen molar-refractivity contribution >= 4 is 5.97 Å². The first-order valence-electron chi connectivity index (χ1n) is 7.06. The van der Waals surface area contributed by atoms with Gasteiger partial charge in [0.2, 0.25) is 0 Å². The minimum absolute atomic E-state index is 0.0840. The Balaban J connectivity index is 2.04. The molecule has 2 fully saturated rings. The molecule has 0 aromatic heterocycles. The van der Waals surface area contributed by atoms with Crippen LogP contribution in [0.25, 0.3) is 0 Å². The zero-order valence-corrected chi connectivity index (χ0v) is 11.4. The van der Waals surface area contributed by atoms with E-state index in [2.05, 4.69) is 13.8 Å². The predicted octanol–water partition coefficient (Wildman–Crippen LogP) is 2.44. The number of esters is 1. The van der Waals surface area contributed by atoms with Crippen LogP contribution < -0.4 is 0 Å². The van der Waals surface area contributed by atoms with Crippen LogP contribution in [0.2, 0.25) is 0 Å². The highest BCUT2D eigenvalue weighted by atomic mass is 16.5. The van der Waals surface area contributed by atoms with Crippen molar-refractivity contribution in [1.82, 2.24) is 0 Å². The van der Waals surface area contributed by atoms with Crippen LogP contribution in [0.4, 0.5) is 0 Å². The Morgan fingerprint density at radius 1 is 1.39 bits per heavy atom. The van der Waals surface area contributed by atoms with E-state index >= 15 is 0 Å². The number of hydrogen-bond donors (Lipinski definition) is 1. The van der Waals surface area contributed by atoms with Crippen molar-refractivity contribution in [3.05, 3.63) is 11.1 Å². The summed E-state index contributed by atoms with van der Waals surface area (Å²) in [7, 11) is 0. The molecule has 100 valence electrons. The average Bonchev–Trinajstić information content (AvgIpc) is 2.60. The molecule has 3 heteroatoms. The van der Waals surface area contributed by atoms with Gasteiger partial charge in [-0.1, -0.05) is 26.7 Å². The number of aliphatic hydroxyl groups is 1. The van der Waals surface area contributed by atoms with Gasteiger partial charge in [0.1, 0.15) is 6.10 Å². The summed E-state index contributed by atoms with van der Waals surface area (Å²) in [6.45, 7) is 6.23. The van der Waals surface area contributed by atoms with E-state index in [4.69, 9.17) is 4.74 Å². The van der Waals surface area contributed by atoms with Crippen LogP contribution in [-0.2, 0) is 9.53 Å². The summed E-state index contributed by atoms with van der Waals surface area (Å²) in [6, 6.07) is 0. The average molecular weight is 250 g/mol. The van der Waals surface area contributed by atoms with Crippen LogP contribution in [0.5, 0.6) is 0 Å². The third kappa shape index (κ3) is 1.37. The van der Waals surface area contributed by atoms with Gasteiger partial charge in [-0.05, 0) is 31.6 Å². The normalized spacial score (nSPS) is 47.7. The monoisotopic (exact) mass is 250 g/mol. The zero-order chi connectivity index (χ0) is 13.1. The second-order valence-corrected chi connectivity index (χ2v) is 6.51. The van der Waals surface area contributed by atoms with Crippen molar-refractivity contribution in [3.63, 3.8) is 0 Å². The van der Waals surface area contributed by atoms with E-state index in [0.29, 0.717) is 17.4 Å². The van der Waals surface area contributed by atoms with E-state index in [1.807, 2.05) is 0 Å². The fraction of sp³-hybridized carbons (Fsp3) is 0.800. The molecule has 0 bridgehead atoms. The summed E-state index contributed by atoms with van der Waals surface area (Å²) >= 11 is 0. The molecule has 0 aromatic carbocycles. The molecule has 2 aliphatic carbocycles. The van der Waals surface area contributed by atoms with Crippen molar-refractivity contribution in [2.24, 2.45) is 17.3 Å². The zero-order valence-electron chi connectivity index (χ0n) is 11.4. The fourth-order valence-corrected chi connectivity index (χ4v) is 4.35. The lowest BCUT2D eigenvalue weighted by atomic mass is 9.53. The standard InChI is InChI=1S/C15H22O3/c1-8-5-4-6-10-7-11-12(9(2)14(17)18-11)13(16)15(8,10)3/h8,10-11,13,16H,4-7H2,1-3H3/t8-,10?,11-,13+,15+/m1/s1. The molecule has 1 heterocycles. The first kappa shape index (κ1) is 12.2. The number of ether oxygens (including phenoxy) is 1. The lowest BCUT2D eigenvalue weighted by Crippen LogP contribution is -2.53. The fourth-order valence-electron chi connectivity index (χ4n) is 4.35. The van der Waals surface area contributed by atoms with Gasteiger partial charge in [-0.25, -0.2) is 4.79 Å². The first-order chi connectivity index (χ1) is 8.46. The van der Waals surface area contributed by atoms with Gasteiger partial charge in [0, 0.05) is 16.6 Å². The SMILES string of the molecule is CC1=C2[C@@H](CC3CCC[C@@H](C)[C@]3(C)[C@H]2O)OC1=O. The lowest BCUT2D eigenvalue weighted by Gasteiger charge is -2.53. The molecule has 1 aliphatic heterocycles. The van der Waals surface area contributed by atoms with Gasteiger partial charge < -0.3 is 9.84 Å². The van der Waals surface area contributed by atoms with Crippen molar-refractivity contribution < 1.29 is 14.6 Å².